The zero-order valence-corrected chi connectivity index (χ0v) is 14.9. The Balaban J connectivity index is 1.45. The van der Waals surface area contributed by atoms with Gasteiger partial charge in [-0.2, -0.15) is 0 Å². The molecule has 0 N–H and O–H groups in total. The lowest BCUT2D eigenvalue weighted by atomic mass is 10.1. The fourth-order valence-electron chi connectivity index (χ4n) is 4.22. The van der Waals surface area contributed by atoms with Crippen LogP contribution in [-0.2, 0) is 4.74 Å². The molecule has 0 radical (unpaired) electrons. The van der Waals surface area contributed by atoms with Crippen LogP contribution in [0.25, 0.3) is 0 Å². The molecule has 3 heterocycles. The molecule has 0 bridgehead atoms. The van der Waals surface area contributed by atoms with Crippen LogP contribution in [0.15, 0.2) is 18.2 Å². The van der Waals surface area contributed by atoms with Crippen molar-refractivity contribution in [1.82, 2.24) is 9.80 Å². The van der Waals surface area contributed by atoms with E-state index in [0.717, 1.165) is 39.0 Å². The molecule has 3 aliphatic heterocycles. The first kappa shape index (κ1) is 16.7. The molecule has 1 aromatic carbocycles. The van der Waals surface area contributed by atoms with Crippen molar-refractivity contribution in [2.45, 2.75) is 44.9 Å². The molecule has 2 saturated heterocycles. The predicted octanol–water partition coefficient (Wildman–Crippen LogP) is 2.13. The van der Waals surface area contributed by atoms with Gasteiger partial charge in [-0.1, -0.05) is 0 Å². The molecule has 136 valence electrons. The van der Waals surface area contributed by atoms with Gasteiger partial charge in [0.15, 0.2) is 11.5 Å². The summed E-state index contributed by atoms with van der Waals surface area (Å²) in [6.45, 7) is 8.09. The Labute approximate surface area is 148 Å². The van der Waals surface area contributed by atoms with E-state index in [9.17, 15) is 4.79 Å². The molecule has 0 aromatic heterocycles. The summed E-state index contributed by atoms with van der Waals surface area (Å²) in [6, 6.07) is 5.74. The number of amides is 1. The van der Waals surface area contributed by atoms with E-state index in [1.165, 1.54) is 0 Å². The van der Waals surface area contributed by atoms with Gasteiger partial charge >= 0.3 is 0 Å². The first-order valence-corrected chi connectivity index (χ1v) is 9.18. The fraction of sp³-hybridized carbons (Fsp3) is 0.632. The van der Waals surface area contributed by atoms with Crippen LogP contribution in [0, 0.1) is 0 Å². The summed E-state index contributed by atoms with van der Waals surface area (Å²) >= 11 is 0. The van der Waals surface area contributed by atoms with Gasteiger partial charge in [-0.25, -0.2) is 0 Å². The Morgan fingerprint density at radius 3 is 2.72 bits per heavy atom. The molecule has 3 aliphatic rings. The molecule has 3 atom stereocenters. The zero-order chi connectivity index (χ0) is 17.4. The lowest BCUT2D eigenvalue weighted by Gasteiger charge is -2.38. The summed E-state index contributed by atoms with van der Waals surface area (Å²) in [7, 11) is 0. The summed E-state index contributed by atoms with van der Waals surface area (Å²) in [5, 5.41) is 0. The maximum Gasteiger partial charge on any atom is 0.254 e. The highest BCUT2D eigenvalue weighted by atomic mass is 16.7. The number of hydrogen-bond donors (Lipinski definition) is 0. The molecule has 1 aromatic rings. The van der Waals surface area contributed by atoms with Gasteiger partial charge in [0.25, 0.3) is 5.91 Å². The Morgan fingerprint density at radius 1 is 1.16 bits per heavy atom. The van der Waals surface area contributed by atoms with Gasteiger partial charge in [0.1, 0.15) is 0 Å². The van der Waals surface area contributed by atoms with Gasteiger partial charge in [0.2, 0.25) is 6.79 Å². The fourth-order valence-corrected chi connectivity index (χ4v) is 4.22. The van der Waals surface area contributed by atoms with Crippen LogP contribution < -0.4 is 9.47 Å². The average molecular weight is 346 g/mol. The number of benzene rings is 1. The highest BCUT2D eigenvalue weighted by Crippen LogP contribution is 2.33. The Bertz CT molecular complexity index is 640. The highest BCUT2D eigenvalue weighted by molar-refractivity contribution is 5.95. The first-order valence-electron chi connectivity index (χ1n) is 9.18. The molecule has 0 spiro atoms. The van der Waals surface area contributed by atoms with E-state index in [1.807, 2.05) is 17.0 Å². The smallest absolute Gasteiger partial charge is 0.254 e. The van der Waals surface area contributed by atoms with Crippen molar-refractivity contribution in [2.24, 2.45) is 0 Å². The van der Waals surface area contributed by atoms with Crippen LogP contribution >= 0.6 is 0 Å². The number of rotatable bonds is 3. The van der Waals surface area contributed by atoms with Gasteiger partial charge in [0.05, 0.1) is 12.2 Å². The lowest BCUT2D eigenvalue weighted by molar-refractivity contribution is -0.0715. The maximum absolute atomic E-state index is 13.0. The van der Waals surface area contributed by atoms with Crippen LogP contribution in [0.1, 0.15) is 37.0 Å². The minimum absolute atomic E-state index is 0.0927. The monoisotopic (exact) mass is 346 g/mol. The molecular weight excluding hydrogens is 320 g/mol. The lowest BCUT2D eigenvalue weighted by Crippen LogP contribution is -2.50. The van der Waals surface area contributed by atoms with E-state index < -0.39 is 0 Å². The third-order valence-corrected chi connectivity index (χ3v) is 5.22. The molecule has 0 aliphatic carbocycles. The molecule has 0 unspecified atom stereocenters. The summed E-state index contributed by atoms with van der Waals surface area (Å²) in [6.07, 6.45) is 2.64. The molecule has 0 saturated carbocycles. The summed E-state index contributed by atoms with van der Waals surface area (Å²) in [5.41, 5.74) is 0.680. The van der Waals surface area contributed by atoms with Crippen molar-refractivity contribution >= 4 is 5.91 Å². The molecular formula is C19H26N2O4. The topological polar surface area (TPSA) is 51.2 Å². The average Bonchev–Trinajstić information content (AvgIpc) is 3.21. The SMILES string of the molecule is C[C@@H]1CN(C[C@H]2CCCN2C(=O)c2ccc3c(c2)OCO3)C[C@@H](C)O1. The summed E-state index contributed by atoms with van der Waals surface area (Å²) < 4.78 is 16.6. The van der Waals surface area contributed by atoms with E-state index >= 15 is 0 Å². The molecule has 6 heteroatoms. The van der Waals surface area contributed by atoms with E-state index in [4.69, 9.17) is 14.2 Å². The van der Waals surface area contributed by atoms with Gasteiger partial charge < -0.3 is 19.1 Å². The predicted molar refractivity (Wildman–Crippen MR) is 93.1 cm³/mol. The molecule has 1 amide bonds. The minimum atomic E-state index is 0.0927. The van der Waals surface area contributed by atoms with Crippen molar-refractivity contribution in [3.63, 3.8) is 0 Å². The quantitative estimate of drug-likeness (QED) is 0.839. The van der Waals surface area contributed by atoms with Crippen LogP contribution in [0.3, 0.4) is 0 Å². The molecule has 25 heavy (non-hydrogen) atoms. The van der Waals surface area contributed by atoms with Crippen molar-refractivity contribution in [3.05, 3.63) is 23.8 Å². The van der Waals surface area contributed by atoms with Gasteiger partial charge in [0, 0.05) is 37.8 Å². The summed E-state index contributed by atoms with van der Waals surface area (Å²) in [5.74, 6) is 1.47. The number of nitrogens with zero attached hydrogens (tertiary/aromatic N) is 2. The third kappa shape index (κ3) is 3.46. The molecule has 4 rings (SSSR count). The number of fused-ring (bicyclic) bond motifs is 1. The number of carbonyl (C=O) groups is 1. The number of carbonyl (C=O) groups excluding carboxylic acids is 1. The standard InChI is InChI=1S/C19H26N2O4/c1-13-9-20(10-14(2)25-13)11-16-4-3-7-21(16)19(22)15-5-6-17-18(8-15)24-12-23-17/h5-6,8,13-14,16H,3-4,7,9-12H2,1-2H3/t13-,14-,16-/m1/s1. The van der Waals surface area contributed by atoms with Crippen LogP contribution in [-0.4, -0.2) is 66.9 Å². The second kappa shape index (κ2) is 6.84. The van der Waals surface area contributed by atoms with Gasteiger partial charge in [-0.3, -0.25) is 9.69 Å². The van der Waals surface area contributed by atoms with E-state index in [2.05, 4.69) is 18.7 Å². The Kier molecular flexibility index (Phi) is 4.56. The van der Waals surface area contributed by atoms with Crippen LogP contribution in [0.4, 0.5) is 0 Å². The molecule has 6 nitrogen and oxygen atoms in total. The Morgan fingerprint density at radius 2 is 1.92 bits per heavy atom. The number of ether oxygens (including phenoxy) is 3. The van der Waals surface area contributed by atoms with E-state index in [-0.39, 0.29) is 30.9 Å². The van der Waals surface area contributed by atoms with Gasteiger partial charge in [-0.15, -0.1) is 0 Å². The maximum atomic E-state index is 13.0. The third-order valence-electron chi connectivity index (χ3n) is 5.22. The Hall–Kier alpha value is -1.79. The van der Waals surface area contributed by atoms with Crippen LogP contribution in [0.2, 0.25) is 0 Å². The van der Waals surface area contributed by atoms with Crippen LogP contribution in [0.5, 0.6) is 11.5 Å². The second-order valence-electron chi connectivity index (χ2n) is 7.34. The second-order valence-corrected chi connectivity index (χ2v) is 7.34. The van der Waals surface area contributed by atoms with E-state index in [0.29, 0.717) is 17.1 Å². The minimum Gasteiger partial charge on any atom is -0.454 e. The van der Waals surface area contributed by atoms with E-state index in [1.54, 1.807) is 6.07 Å². The van der Waals surface area contributed by atoms with Crippen molar-refractivity contribution in [3.8, 4) is 11.5 Å². The van der Waals surface area contributed by atoms with Crippen molar-refractivity contribution in [2.75, 3.05) is 33.0 Å². The first-order chi connectivity index (χ1) is 12.1. The van der Waals surface area contributed by atoms with Crippen molar-refractivity contribution < 1.29 is 19.0 Å². The zero-order valence-electron chi connectivity index (χ0n) is 14.9. The van der Waals surface area contributed by atoms with Crippen molar-refractivity contribution in [1.29, 1.82) is 0 Å². The number of hydrogen-bond acceptors (Lipinski definition) is 5. The van der Waals surface area contributed by atoms with Gasteiger partial charge in [-0.05, 0) is 44.9 Å². The molecule has 2 fully saturated rings. The number of morpholine rings is 1. The highest BCUT2D eigenvalue weighted by Gasteiger charge is 2.33. The summed E-state index contributed by atoms with van der Waals surface area (Å²) in [4.78, 5) is 17.5. The normalized spacial score (nSPS) is 29.2. The number of likely N-dealkylation sites (tertiary alicyclic amines) is 1. The largest absolute Gasteiger partial charge is 0.454 e.